The van der Waals surface area contributed by atoms with Crippen molar-refractivity contribution in [2.24, 2.45) is 0 Å². The van der Waals surface area contributed by atoms with E-state index in [1.165, 1.54) is 17.1 Å². The lowest BCUT2D eigenvalue weighted by molar-refractivity contribution is -0.123. The maximum atomic E-state index is 12.0. The summed E-state index contributed by atoms with van der Waals surface area (Å²) in [7, 11) is 0. The van der Waals surface area contributed by atoms with Crippen LogP contribution in [0.5, 0.6) is 0 Å². The van der Waals surface area contributed by atoms with E-state index < -0.39 is 6.04 Å². The first-order valence-electron chi connectivity index (χ1n) is 6.00. The Balaban J connectivity index is 1.71. The highest BCUT2D eigenvalue weighted by Gasteiger charge is 2.33. The van der Waals surface area contributed by atoms with Crippen LogP contribution in [0.25, 0.3) is 0 Å². The molecular weight excluding hydrogens is 317 g/mol. The number of nitrogens with zero attached hydrogens (tertiary/aromatic N) is 3. The van der Waals surface area contributed by atoms with Crippen molar-refractivity contribution in [3.05, 3.63) is 34.6 Å². The summed E-state index contributed by atoms with van der Waals surface area (Å²) in [6, 6.07) is 4.02. The molecule has 0 fully saturated rings. The number of anilines is 2. The molecule has 9 heteroatoms. The van der Waals surface area contributed by atoms with Crippen molar-refractivity contribution < 1.29 is 9.59 Å². The number of fused-ring (bicyclic) bond motifs is 1. The third-order valence-corrected chi connectivity index (χ3v) is 3.54. The summed E-state index contributed by atoms with van der Waals surface area (Å²) in [6.45, 7) is 0. The lowest BCUT2D eigenvalue weighted by Crippen LogP contribution is -2.23. The van der Waals surface area contributed by atoms with E-state index in [-0.39, 0.29) is 18.2 Å². The SMILES string of the molecule is O=C(CC1C(=O)Nc2ncnn21)Nc1ccc(Cl)cc1Cl. The van der Waals surface area contributed by atoms with Crippen LogP contribution in [0.3, 0.4) is 0 Å². The van der Waals surface area contributed by atoms with Crippen LogP contribution in [0.2, 0.25) is 10.0 Å². The second kappa shape index (κ2) is 5.34. The fourth-order valence-corrected chi connectivity index (χ4v) is 2.47. The van der Waals surface area contributed by atoms with Crippen LogP contribution in [-0.2, 0) is 9.59 Å². The molecule has 1 atom stereocenters. The Morgan fingerprint density at radius 2 is 2.24 bits per heavy atom. The molecule has 3 rings (SSSR count). The topological polar surface area (TPSA) is 88.9 Å². The van der Waals surface area contributed by atoms with Crippen molar-refractivity contribution in [3.8, 4) is 0 Å². The van der Waals surface area contributed by atoms with Crippen molar-refractivity contribution in [1.29, 1.82) is 0 Å². The molecule has 0 saturated carbocycles. The Labute approximate surface area is 129 Å². The van der Waals surface area contributed by atoms with E-state index in [4.69, 9.17) is 23.2 Å². The first-order chi connectivity index (χ1) is 10.0. The van der Waals surface area contributed by atoms with Crippen LogP contribution in [-0.4, -0.2) is 26.6 Å². The fraction of sp³-hybridized carbons (Fsp3) is 0.167. The van der Waals surface area contributed by atoms with Gasteiger partial charge in [0.1, 0.15) is 12.4 Å². The second-order valence-corrected chi connectivity index (χ2v) is 5.25. The molecule has 2 N–H and O–H groups in total. The lowest BCUT2D eigenvalue weighted by atomic mass is 10.2. The summed E-state index contributed by atoms with van der Waals surface area (Å²) in [5, 5.41) is 9.90. The molecule has 108 valence electrons. The number of carbonyl (C=O) groups is 2. The van der Waals surface area contributed by atoms with Crippen molar-refractivity contribution in [2.45, 2.75) is 12.5 Å². The molecule has 0 spiro atoms. The van der Waals surface area contributed by atoms with Crippen molar-refractivity contribution in [1.82, 2.24) is 14.8 Å². The molecule has 21 heavy (non-hydrogen) atoms. The van der Waals surface area contributed by atoms with Crippen molar-refractivity contribution in [3.63, 3.8) is 0 Å². The van der Waals surface area contributed by atoms with Crippen LogP contribution >= 0.6 is 23.2 Å². The molecule has 1 unspecified atom stereocenters. The van der Waals surface area contributed by atoms with Gasteiger partial charge in [0.25, 0.3) is 5.91 Å². The third-order valence-electron chi connectivity index (χ3n) is 2.99. The molecular formula is C12H9Cl2N5O2. The Morgan fingerprint density at radius 1 is 1.43 bits per heavy atom. The average Bonchev–Trinajstić information content (AvgIpc) is 2.96. The van der Waals surface area contributed by atoms with E-state index in [2.05, 4.69) is 20.7 Å². The zero-order chi connectivity index (χ0) is 15.0. The van der Waals surface area contributed by atoms with E-state index >= 15 is 0 Å². The Hall–Kier alpha value is -2.12. The predicted molar refractivity (Wildman–Crippen MR) is 77.4 cm³/mol. The highest BCUT2D eigenvalue weighted by molar-refractivity contribution is 6.36. The van der Waals surface area contributed by atoms with E-state index in [0.717, 1.165) is 0 Å². The van der Waals surface area contributed by atoms with Crippen LogP contribution < -0.4 is 10.6 Å². The summed E-state index contributed by atoms with van der Waals surface area (Å²) >= 11 is 11.8. The maximum Gasteiger partial charge on any atom is 0.252 e. The number of nitrogens with one attached hydrogen (secondary N) is 2. The predicted octanol–water partition coefficient (Wildman–Crippen LogP) is 2.11. The normalized spacial score (nSPS) is 16.5. The van der Waals surface area contributed by atoms with Gasteiger partial charge < -0.3 is 5.32 Å². The molecule has 0 aliphatic carbocycles. The van der Waals surface area contributed by atoms with Crippen LogP contribution in [0, 0.1) is 0 Å². The van der Waals surface area contributed by atoms with Gasteiger partial charge in [-0.15, -0.1) is 0 Å². The Morgan fingerprint density at radius 3 is 3.00 bits per heavy atom. The number of aromatic nitrogens is 3. The van der Waals surface area contributed by atoms with E-state index in [0.29, 0.717) is 21.7 Å². The van der Waals surface area contributed by atoms with Gasteiger partial charge in [-0.25, -0.2) is 4.68 Å². The number of amides is 2. The molecule has 7 nitrogen and oxygen atoms in total. The van der Waals surface area contributed by atoms with Gasteiger partial charge in [-0.2, -0.15) is 10.1 Å². The van der Waals surface area contributed by atoms with Gasteiger partial charge >= 0.3 is 0 Å². The van der Waals surface area contributed by atoms with Gasteiger partial charge in [-0.05, 0) is 18.2 Å². The molecule has 2 aromatic rings. The number of rotatable bonds is 3. The molecule has 1 aliphatic heterocycles. The highest BCUT2D eigenvalue weighted by atomic mass is 35.5. The quantitative estimate of drug-likeness (QED) is 0.904. The van der Waals surface area contributed by atoms with Gasteiger partial charge in [-0.3, -0.25) is 14.9 Å². The second-order valence-electron chi connectivity index (χ2n) is 4.41. The summed E-state index contributed by atoms with van der Waals surface area (Å²) in [6.07, 6.45) is 1.25. The van der Waals surface area contributed by atoms with E-state index in [1.807, 2.05) is 0 Å². The summed E-state index contributed by atoms with van der Waals surface area (Å²) in [5.41, 5.74) is 0.434. The molecule has 2 heterocycles. The number of carbonyl (C=O) groups excluding carboxylic acids is 2. The van der Waals surface area contributed by atoms with E-state index in [1.54, 1.807) is 12.1 Å². The number of benzene rings is 1. The number of halogens is 2. The first-order valence-corrected chi connectivity index (χ1v) is 6.75. The molecule has 1 aromatic carbocycles. The van der Waals surface area contributed by atoms with Gasteiger partial charge in [0.05, 0.1) is 17.1 Å². The van der Waals surface area contributed by atoms with Crippen LogP contribution in [0.15, 0.2) is 24.5 Å². The largest absolute Gasteiger partial charge is 0.325 e. The first kappa shape index (κ1) is 13.8. The average molecular weight is 326 g/mol. The van der Waals surface area contributed by atoms with Gasteiger partial charge in [0, 0.05) is 5.02 Å². The Kier molecular flexibility index (Phi) is 3.52. The standard InChI is InChI=1S/C12H9Cl2N5O2/c13-6-1-2-8(7(14)3-6)17-10(20)4-9-11(21)18-12-15-5-16-19(9)12/h1-3,5,9H,4H2,(H,17,20)(H,15,16,18,21). The molecule has 0 radical (unpaired) electrons. The fourth-order valence-electron chi connectivity index (χ4n) is 2.02. The third kappa shape index (κ3) is 2.70. The molecule has 1 aliphatic rings. The molecule has 1 aromatic heterocycles. The molecule has 0 saturated heterocycles. The summed E-state index contributed by atoms with van der Waals surface area (Å²) < 4.78 is 1.38. The number of hydrogen-bond donors (Lipinski definition) is 2. The van der Waals surface area contributed by atoms with Crippen LogP contribution in [0.4, 0.5) is 11.6 Å². The minimum Gasteiger partial charge on any atom is -0.325 e. The lowest BCUT2D eigenvalue weighted by Gasteiger charge is -2.10. The summed E-state index contributed by atoms with van der Waals surface area (Å²) in [4.78, 5) is 27.7. The summed E-state index contributed by atoms with van der Waals surface area (Å²) in [5.74, 6) is -0.340. The maximum absolute atomic E-state index is 12.0. The monoisotopic (exact) mass is 325 g/mol. The van der Waals surface area contributed by atoms with Gasteiger partial charge in [-0.1, -0.05) is 23.2 Å². The van der Waals surface area contributed by atoms with E-state index in [9.17, 15) is 9.59 Å². The minimum absolute atomic E-state index is 0.0683. The number of hydrogen-bond acceptors (Lipinski definition) is 4. The zero-order valence-electron chi connectivity index (χ0n) is 10.5. The molecule has 0 bridgehead atoms. The van der Waals surface area contributed by atoms with Crippen molar-refractivity contribution in [2.75, 3.05) is 10.6 Å². The molecule has 2 amide bonds. The smallest absolute Gasteiger partial charge is 0.252 e. The van der Waals surface area contributed by atoms with Gasteiger partial charge in [0.15, 0.2) is 0 Å². The van der Waals surface area contributed by atoms with Crippen molar-refractivity contribution >= 4 is 46.7 Å². The minimum atomic E-state index is -0.714. The Bertz CT molecular complexity index is 730. The van der Waals surface area contributed by atoms with Crippen LogP contribution in [0.1, 0.15) is 12.5 Å². The zero-order valence-corrected chi connectivity index (χ0v) is 12.0. The highest BCUT2D eigenvalue weighted by Crippen LogP contribution is 2.27. The van der Waals surface area contributed by atoms with Gasteiger partial charge in [0.2, 0.25) is 11.9 Å².